The number of nitrogens with zero attached hydrogens (tertiary/aromatic N) is 2. The molecule has 1 aromatic rings. The Morgan fingerprint density at radius 1 is 0.697 bits per heavy atom. The maximum atomic E-state index is 12.5. The molecule has 8 nitrogen and oxygen atoms in total. The molecule has 1 aliphatic carbocycles. The minimum atomic E-state index is -0.0937. The number of benzene rings is 2. The van der Waals surface area contributed by atoms with Gasteiger partial charge in [-0.3, -0.25) is 14.6 Å². The summed E-state index contributed by atoms with van der Waals surface area (Å²) in [6.45, 7) is 7.68. The second kappa shape index (κ2) is 10.2. The van der Waals surface area contributed by atoms with E-state index in [4.69, 9.17) is 18.6 Å². The second-order valence-electron chi connectivity index (χ2n) is 8.65. The molecule has 1 aromatic carbocycles. The first-order valence-electron chi connectivity index (χ1n) is 11.6. The first-order chi connectivity index (χ1) is 16.2. The molecule has 1 fully saturated rings. The van der Waals surface area contributed by atoms with E-state index >= 15 is 0 Å². The molecule has 0 radical (unpaired) electrons. The lowest BCUT2D eigenvalue weighted by Gasteiger charge is -2.26. The number of aromatic hydroxyl groups is 1. The zero-order chi connectivity index (χ0) is 22.6. The highest BCUT2D eigenvalue weighted by Crippen LogP contribution is 2.34. The Kier molecular flexibility index (Phi) is 6.89. The van der Waals surface area contributed by atoms with Crippen LogP contribution in [0.15, 0.2) is 39.5 Å². The third-order valence-electron chi connectivity index (χ3n) is 6.29. The summed E-state index contributed by atoms with van der Waals surface area (Å²) in [7, 11) is 0. The van der Waals surface area contributed by atoms with Gasteiger partial charge in [-0.15, -0.1) is 0 Å². The molecule has 8 heteroatoms. The molecule has 3 aliphatic heterocycles. The normalized spacial score (nSPS) is 23.4. The zero-order valence-electron chi connectivity index (χ0n) is 18.8. The molecule has 33 heavy (non-hydrogen) atoms. The van der Waals surface area contributed by atoms with Crippen molar-refractivity contribution in [2.75, 3.05) is 65.8 Å². The summed E-state index contributed by atoms with van der Waals surface area (Å²) >= 11 is 0. The average molecular weight is 455 g/mol. The van der Waals surface area contributed by atoms with Crippen molar-refractivity contribution in [3.8, 4) is 17.1 Å². The van der Waals surface area contributed by atoms with Crippen molar-refractivity contribution < 1.29 is 23.7 Å². The van der Waals surface area contributed by atoms with Crippen molar-refractivity contribution in [3.05, 3.63) is 51.7 Å². The molecule has 176 valence electrons. The van der Waals surface area contributed by atoms with Gasteiger partial charge in [0.1, 0.15) is 17.1 Å². The van der Waals surface area contributed by atoms with Gasteiger partial charge in [0.05, 0.1) is 39.6 Å². The molecule has 1 N–H and O–H groups in total. The smallest absolute Gasteiger partial charge is 0.182 e. The van der Waals surface area contributed by atoms with Crippen LogP contribution < -0.4 is 5.43 Å². The standard InChI is InChI=1S/C25H30N2O6/c28-20-11-18-16-26-1-5-30-6-2-27(4-8-32-10-9-31-7-3-26)17-19-12-21(29)14-25-23(19)15-22(18)24(13-20)33-25/h11-15,28H,1-10,16-17H2. The van der Waals surface area contributed by atoms with Crippen LogP contribution in [0.1, 0.15) is 11.1 Å². The highest BCUT2D eigenvalue weighted by atomic mass is 16.5. The first kappa shape index (κ1) is 22.3. The molecule has 2 unspecified atom stereocenters. The number of phenols is 1. The van der Waals surface area contributed by atoms with E-state index in [1.54, 1.807) is 18.2 Å². The fraction of sp³-hybridized carbons (Fsp3) is 0.480. The van der Waals surface area contributed by atoms with Crippen molar-refractivity contribution >= 4 is 11.0 Å². The Morgan fingerprint density at radius 2 is 1.30 bits per heavy atom. The van der Waals surface area contributed by atoms with Crippen molar-refractivity contribution in [2.24, 2.45) is 0 Å². The summed E-state index contributed by atoms with van der Waals surface area (Å²) in [6.07, 6.45) is 0. The highest BCUT2D eigenvalue weighted by molar-refractivity contribution is 5.87. The molecule has 2 atom stereocenters. The van der Waals surface area contributed by atoms with E-state index in [0.717, 1.165) is 48.3 Å². The predicted octanol–water partition coefficient (Wildman–Crippen LogP) is 2.28. The topological polar surface area (TPSA) is 84.6 Å². The number of fused-ring (bicyclic) bond motifs is 6. The molecular weight excluding hydrogens is 424 g/mol. The van der Waals surface area contributed by atoms with Gasteiger partial charge >= 0.3 is 0 Å². The Hall–Kier alpha value is -2.49. The van der Waals surface area contributed by atoms with Crippen LogP contribution >= 0.6 is 0 Å². The highest BCUT2D eigenvalue weighted by Gasteiger charge is 2.20. The minimum Gasteiger partial charge on any atom is -0.508 e. The zero-order valence-corrected chi connectivity index (χ0v) is 18.8. The number of hydrogen-bond donors (Lipinski definition) is 1. The Bertz CT molecular complexity index is 1130. The molecule has 4 aliphatic rings. The lowest BCUT2D eigenvalue weighted by Crippen LogP contribution is -2.33. The summed E-state index contributed by atoms with van der Waals surface area (Å²) in [6, 6.07) is 8.72. The van der Waals surface area contributed by atoms with E-state index in [0.29, 0.717) is 64.1 Å². The van der Waals surface area contributed by atoms with Crippen molar-refractivity contribution in [2.45, 2.75) is 13.1 Å². The second-order valence-corrected chi connectivity index (χ2v) is 8.65. The lowest BCUT2D eigenvalue weighted by atomic mass is 9.98. The van der Waals surface area contributed by atoms with Gasteiger partial charge in [-0.25, -0.2) is 0 Å². The monoisotopic (exact) mass is 454 g/mol. The molecule has 0 amide bonds. The fourth-order valence-electron chi connectivity index (χ4n) is 4.57. The van der Waals surface area contributed by atoms with Crippen LogP contribution in [0.25, 0.3) is 22.3 Å². The van der Waals surface area contributed by atoms with Gasteiger partial charge in [-0.2, -0.15) is 0 Å². The Balaban J connectivity index is 1.66. The molecule has 4 bridgehead atoms. The lowest BCUT2D eigenvalue weighted by molar-refractivity contribution is 0.0311. The largest absolute Gasteiger partial charge is 0.508 e. The van der Waals surface area contributed by atoms with Gasteiger partial charge in [-0.05, 0) is 29.3 Å². The molecule has 0 saturated carbocycles. The van der Waals surface area contributed by atoms with Crippen LogP contribution in [0.4, 0.5) is 0 Å². The Morgan fingerprint density at radius 3 is 1.97 bits per heavy atom. The van der Waals surface area contributed by atoms with E-state index in [1.807, 2.05) is 0 Å². The van der Waals surface area contributed by atoms with E-state index < -0.39 is 0 Å². The van der Waals surface area contributed by atoms with Crippen LogP contribution in [0.3, 0.4) is 0 Å². The molecule has 5 rings (SSSR count). The Labute approximate surface area is 192 Å². The molecule has 3 heterocycles. The summed E-state index contributed by atoms with van der Waals surface area (Å²) in [5.74, 6) is 0.672. The number of hydrogen-bond acceptors (Lipinski definition) is 8. The predicted molar refractivity (Wildman–Crippen MR) is 124 cm³/mol. The van der Waals surface area contributed by atoms with Crippen LogP contribution in [0.2, 0.25) is 0 Å². The summed E-state index contributed by atoms with van der Waals surface area (Å²) < 4.78 is 23.7. The minimum absolute atomic E-state index is 0.0937. The van der Waals surface area contributed by atoms with E-state index in [1.165, 1.54) is 6.07 Å². The quantitative estimate of drug-likeness (QED) is 0.409. The van der Waals surface area contributed by atoms with Crippen LogP contribution in [-0.2, 0) is 27.3 Å². The number of ether oxygens (including phenoxy) is 3. The van der Waals surface area contributed by atoms with Gasteiger partial charge in [0.25, 0.3) is 0 Å². The number of phenolic OH excluding ortho intramolecular Hbond substituents is 1. The maximum absolute atomic E-state index is 12.5. The van der Waals surface area contributed by atoms with Crippen LogP contribution in [0.5, 0.6) is 5.75 Å². The molecule has 1 saturated heterocycles. The van der Waals surface area contributed by atoms with Crippen molar-refractivity contribution in [1.29, 1.82) is 0 Å². The van der Waals surface area contributed by atoms with E-state index in [2.05, 4.69) is 15.9 Å². The summed E-state index contributed by atoms with van der Waals surface area (Å²) in [5, 5.41) is 11.3. The summed E-state index contributed by atoms with van der Waals surface area (Å²) in [4.78, 5) is 17.0. The van der Waals surface area contributed by atoms with Gasteiger partial charge in [-0.1, -0.05) is 0 Å². The van der Waals surface area contributed by atoms with Crippen molar-refractivity contribution in [3.63, 3.8) is 0 Å². The molecule has 0 spiro atoms. The van der Waals surface area contributed by atoms with Gasteiger partial charge in [0, 0.05) is 62.4 Å². The van der Waals surface area contributed by atoms with Gasteiger partial charge in [0.15, 0.2) is 5.43 Å². The molecular formula is C25H30N2O6. The van der Waals surface area contributed by atoms with E-state index in [9.17, 15) is 9.90 Å². The van der Waals surface area contributed by atoms with Crippen LogP contribution in [0, 0.1) is 0 Å². The SMILES string of the molecule is O=c1cc2oc3cc(O)cc4c3cc-2c(c1)CN1CCOCCOCCN(CCOCC1)C4. The van der Waals surface area contributed by atoms with E-state index in [-0.39, 0.29) is 11.2 Å². The fourth-order valence-corrected chi connectivity index (χ4v) is 4.57. The first-order valence-corrected chi connectivity index (χ1v) is 11.6. The average Bonchev–Trinajstić information content (AvgIpc) is 2.78. The molecule has 0 aromatic heterocycles. The maximum Gasteiger partial charge on any atom is 0.182 e. The van der Waals surface area contributed by atoms with Crippen molar-refractivity contribution in [1.82, 2.24) is 9.80 Å². The third-order valence-corrected chi connectivity index (χ3v) is 6.29. The van der Waals surface area contributed by atoms with Gasteiger partial charge < -0.3 is 23.7 Å². The van der Waals surface area contributed by atoms with Gasteiger partial charge in [0.2, 0.25) is 0 Å². The summed E-state index contributed by atoms with van der Waals surface area (Å²) in [5.41, 5.74) is 3.27. The number of rotatable bonds is 0. The van der Waals surface area contributed by atoms with Crippen LogP contribution in [-0.4, -0.2) is 80.7 Å². The third kappa shape index (κ3) is 5.37.